The molecular formula is C12H14FNO4. The van der Waals surface area contributed by atoms with Gasteiger partial charge in [0, 0.05) is 12.2 Å². The Kier molecular flexibility index (Phi) is 5.26. The lowest BCUT2D eigenvalue weighted by atomic mass is 10.2. The smallest absolute Gasteiger partial charge is 0.329 e. The molecule has 0 spiro atoms. The molecule has 0 radical (unpaired) electrons. The largest absolute Gasteiger partial charge is 0.480 e. The maximum Gasteiger partial charge on any atom is 0.329 e. The van der Waals surface area contributed by atoms with Crippen molar-refractivity contribution in [1.29, 1.82) is 0 Å². The number of amides is 1. The highest BCUT2D eigenvalue weighted by molar-refractivity contribution is 5.94. The van der Waals surface area contributed by atoms with E-state index in [1.165, 1.54) is 29.2 Å². The number of rotatable bonds is 6. The molecule has 0 atom stereocenters. The molecule has 0 aliphatic rings. The summed E-state index contributed by atoms with van der Waals surface area (Å²) in [6, 6.07) is 5.47. The standard InChI is InChI=1S/C12H14FNO4/c1-2-14(10-5-3-9(13)4-6-10)11(15)7-18-8-12(16)17/h3-6H,2,7-8H2,1H3,(H,16,17). The Balaban J connectivity index is 2.62. The van der Waals surface area contributed by atoms with Crippen LogP contribution in [0.3, 0.4) is 0 Å². The maximum absolute atomic E-state index is 12.8. The third kappa shape index (κ3) is 4.14. The fourth-order valence-electron chi connectivity index (χ4n) is 1.43. The second-order valence-corrected chi connectivity index (χ2v) is 3.50. The van der Waals surface area contributed by atoms with Gasteiger partial charge in [0.25, 0.3) is 5.91 Å². The number of hydrogen-bond acceptors (Lipinski definition) is 3. The number of carbonyl (C=O) groups excluding carboxylic acids is 1. The number of benzene rings is 1. The van der Waals surface area contributed by atoms with Crippen LogP contribution in [-0.4, -0.2) is 36.7 Å². The molecule has 0 aliphatic carbocycles. The number of hydrogen-bond donors (Lipinski definition) is 1. The molecule has 5 nitrogen and oxygen atoms in total. The molecule has 0 bridgehead atoms. The van der Waals surface area contributed by atoms with Crippen LogP contribution in [0.25, 0.3) is 0 Å². The average Bonchev–Trinajstić information content (AvgIpc) is 2.32. The number of carboxylic acids is 1. The summed E-state index contributed by atoms with van der Waals surface area (Å²) in [5.41, 5.74) is 0.544. The van der Waals surface area contributed by atoms with E-state index < -0.39 is 12.6 Å². The van der Waals surface area contributed by atoms with Crippen LogP contribution in [0.1, 0.15) is 6.92 Å². The molecule has 0 aliphatic heterocycles. The van der Waals surface area contributed by atoms with Crippen LogP contribution >= 0.6 is 0 Å². The fraction of sp³-hybridized carbons (Fsp3) is 0.333. The molecule has 18 heavy (non-hydrogen) atoms. The van der Waals surface area contributed by atoms with Gasteiger partial charge in [0.1, 0.15) is 19.0 Å². The Labute approximate surface area is 104 Å². The number of ether oxygens (including phenoxy) is 1. The van der Waals surface area contributed by atoms with Crippen molar-refractivity contribution in [3.8, 4) is 0 Å². The molecule has 1 amide bonds. The molecule has 0 aromatic heterocycles. The SMILES string of the molecule is CCN(C(=O)COCC(=O)O)c1ccc(F)cc1. The van der Waals surface area contributed by atoms with Crippen molar-refractivity contribution in [3.05, 3.63) is 30.1 Å². The van der Waals surface area contributed by atoms with E-state index in [-0.39, 0.29) is 18.3 Å². The number of likely N-dealkylation sites (N-methyl/N-ethyl adjacent to an activating group) is 1. The van der Waals surface area contributed by atoms with E-state index in [1.54, 1.807) is 6.92 Å². The van der Waals surface area contributed by atoms with Gasteiger partial charge < -0.3 is 14.7 Å². The fourth-order valence-corrected chi connectivity index (χ4v) is 1.43. The predicted octanol–water partition coefficient (Wildman–Crippen LogP) is 1.28. The second-order valence-electron chi connectivity index (χ2n) is 3.50. The van der Waals surface area contributed by atoms with Crippen LogP contribution in [0.5, 0.6) is 0 Å². The van der Waals surface area contributed by atoms with Gasteiger partial charge in [-0.15, -0.1) is 0 Å². The van der Waals surface area contributed by atoms with Crippen molar-refractivity contribution in [2.75, 3.05) is 24.7 Å². The Morgan fingerprint density at radius 3 is 2.39 bits per heavy atom. The molecule has 1 rings (SSSR count). The summed E-state index contributed by atoms with van der Waals surface area (Å²) in [6.07, 6.45) is 0. The summed E-state index contributed by atoms with van der Waals surface area (Å²) in [6.45, 7) is 1.31. The van der Waals surface area contributed by atoms with Gasteiger partial charge in [-0.1, -0.05) is 0 Å². The number of aliphatic carboxylic acids is 1. The molecule has 0 fully saturated rings. The van der Waals surface area contributed by atoms with Gasteiger partial charge in [0.05, 0.1) is 0 Å². The van der Waals surface area contributed by atoms with Gasteiger partial charge in [-0.3, -0.25) is 4.79 Å². The minimum Gasteiger partial charge on any atom is -0.480 e. The Bertz CT molecular complexity index is 419. The second kappa shape index (κ2) is 6.70. The molecule has 0 unspecified atom stereocenters. The van der Waals surface area contributed by atoms with Gasteiger partial charge in [0.2, 0.25) is 0 Å². The minimum absolute atomic E-state index is 0.322. The quantitative estimate of drug-likeness (QED) is 0.831. The van der Waals surface area contributed by atoms with E-state index in [2.05, 4.69) is 0 Å². The number of carboxylic acid groups (broad SMARTS) is 1. The van der Waals surface area contributed by atoms with Crippen LogP contribution in [0.2, 0.25) is 0 Å². The van der Waals surface area contributed by atoms with Crippen LogP contribution in [0.15, 0.2) is 24.3 Å². The highest BCUT2D eigenvalue weighted by Gasteiger charge is 2.14. The van der Waals surface area contributed by atoms with Crippen molar-refractivity contribution in [2.45, 2.75) is 6.92 Å². The number of nitrogens with zero attached hydrogens (tertiary/aromatic N) is 1. The van der Waals surface area contributed by atoms with Crippen LogP contribution in [-0.2, 0) is 14.3 Å². The summed E-state index contributed by atoms with van der Waals surface area (Å²) < 4.78 is 17.5. The Hall–Kier alpha value is -1.95. The molecule has 0 heterocycles. The number of halogens is 1. The van der Waals surface area contributed by atoms with Crippen molar-refractivity contribution in [3.63, 3.8) is 0 Å². The summed E-state index contributed by atoms with van der Waals surface area (Å²) in [7, 11) is 0. The highest BCUT2D eigenvalue weighted by atomic mass is 19.1. The zero-order valence-electron chi connectivity index (χ0n) is 9.93. The van der Waals surface area contributed by atoms with Gasteiger partial charge in [-0.05, 0) is 31.2 Å². The Morgan fingerprint density at radius 2 is 1.89 bits per heavy atom. The van der Waals surface area contributed by atoms with Gasteiger partial charge in [-0.25, -0.2) is 9.18 Å². The summed E-state index contributed by atoms with van der Waals surface area (Å²) in [5.74, 6) is -1.89. The summed E-state index contributed by atoms with van der Waals surface area (Å²) >= 11 is 0. The molecule has 1 aromatic carbocycles. The van der Waals surface area contributed by atoms with Crippen LogP contribution in [0.4, 0.5) is 10.1 Å². The van der Waals surface area contributed by atoms with Crippen molar-refractivity contribution >= 4 is 17.6 Å². The number of anilines is 1. The van der Waals surface area contributed by atoms with Crippen molar-refractivity contribution in [1.82, 2.24) is 0 Å². The minimum atomic E-state index is -1.13. The molecule has 0 saturated heterocycles. The summed E-state index contributed by atoms with van der Waals surface area (Å²) in [4.78, 5) is 23.4. The zero-order valence-corrected chi connectivity index (χ0v) is 9.93. The lowest BCUT2D eigenvalue weighted by molar-refractivity contribution is -0.143. The first-order chi connectivity index (χ1) is 8.54. The topological polar surface area (TPSA) is 66.8 Å². The predicted molar refractivity (Wildman–Crippen MR) is 62.9 cm³/mol. The third-order valence-electron chi connectivity index (χ3n) is 2.21. The van der Waals surface area contributed by atoms with E-state index in [0.29, 0.717) is 12.2 Å². The van der Waals surface area contributed by atoms with Crippen molar-refractivity contribution in [2.24, 2.45) is 0 Å². The molecule has 6 heteroatoms. The van der Waals surface area contributed by atoms with E-state index in [1.807, 2.05) is 0 Å². The lowest BCUT2D eigenvalue weighted by Crippen LogP contribution is -2.34. The highest BCUT2D eigenvalue weighted by Crippen LogP contribution is 2.14. The molecule has 1 aromatic rings. The van der Waals surface area contributed by atoms with E-state index in [0.717, 1.165) is 0 Å². The van der Waals surface area contributed by atoms with Gasteiger partial charge in [0.15, 0.2) is 0 Å². The zero-order chi connectivity index (χ0) is 13.5. The molecule has 0 saturated carbocycles. The first-order valence-corrected chi connectivity index (χ1v) is 5.40. The van der Waals surface area contributed by atoms with E-state index in [9.17, 15) is 14.0 Å². The first-order valence-electron chi connectivity index (χ1n) is 5.40. The van der Waals surface area contributed by atoms with Crippen LogP contribution < -0.4 is 4.90 Å². The first kappa shape index (κ1) is 14.1. The monoisotopic (exact) mass is 255 g/mol. The van der Waals surface area contributed by atoms with Crippen molar-refractivity contribution < 1.29 is 23.8 Å². The van der Waals surface area contributed by atoms with Gasteiger partial charge >= 0.3 is 5.97 Å². The van der Waals surface area contributed by atoms with E-state index >= 15 is 0 Å². The molecular weight excluding hydrogens is 241 g/mol. The maximum atomic E-state index is 12.8. The average molecular weight is 255 g/mol. The Morgan fingerprint density at radius 1 is 1.28 bits per heavy atom. The molecule has 1 N–H and O–H groups in total. The molecule has 98 valence electrons. The normalized spacial score (nSPS) is 10.1. The lowest BCUT2D eigenvalue weighted by Gasteiger charge is -2.20. The number of carbonyl (C=O) groups is 2. The van der Waals surface area contributed by atoms with Crippen LogP contribution in [0, 0.1) is 5.82 Å². The summed E-state index contributed by atoms with van der Waals surface area (Å²) in [5, 5.41) is 8.38. The van der Waals surface area contributed by atoms with Gasteiger partial charge in [-0.2, -0.15) is 0 Å². The third-order valence-corrected chi connectivity index (χ3v) is 2.21. The van der Waals surface area contributed by atoms with E-state index in [4.69, 9.17) is 9.84 Å².